The van der Waals surface area contributed by atoms with Gasteiger partial charge in [-0.15, -0.1) is 0 Å². The summed E-state index contributed by atoms with van der Waals surface area (Å²) >= 11 is 0. The third-order valence-corrected chi connectivity index (χ3v) is 5.08. The maximum atomic E-state index is 13.3. The van der Waals surface area contributed by atoms with E-state index in [1.165, 1.54) is 5.01 Å². The van der Waals surface area contributed by atoms with E-state index in [0.717, 1.165) is 19.3 Å². The molecule has 2 rings (SSSR count). The molecule has 122 valence electrons. The third-order valence-electron chi connectivity index (χ3n) is 4.25. The average molecular weight is 326 g/mol. The van der Waals surface area contributed by atoms with Crippen molar-refractivity contribution in [2.75, 3.05) is 6.54 Å². The van der Waals surface area contributed by atoms with Crippen LogP contribution in [0.5, 0.6) is 0 Å². The molecule has 9 heteroatoms. The van der Waals surface area contributed by atoms with Crippen molar-refractivity contribution in [1.82, 2.24) is 10.4 Å². The highest BCUT2D eigenvalue weighted by atomic mass is 32.2. The predicted molar refractivity (Wildman–Crippen MR) is 70.9 cm³/mol. The molecular formula is C12H20F2N2O4S. The molecular weight excluding hydrogens is 306 g/mol. The van der Waals surface area contributed by atoms with E-state index in [9.17, 15) is 22.0 Å². The SMILES string of the molecule is CC1(C)CC2CC(C)(CN2NC(=O)C(F)(F)S(=O)(=O)O)C1. The summed E-state index contributed by atoms with van der Waals surface area (Å²) in [5.74, 6) is -2.01. The zero-order valence-electron chi connectivity index (χ0n) is 12.2. The maximum absolute atomic E-state index is 13.3. The van der Waals surface area contributed by atoms with Gasteiger partial charge < -0.3 is 0 Å². The maximum Gasteiger partial charge on any atom is 0.447 e. The van der Waals surface area contributed by atoms with Gasteiger partial charge in [0.25, 0.3) is 0 Å². The number of rotatable bonds is 3. The number of carbonyl (C=O) groups excluding carboxylic acids is 1. The number of fused-ring (bicyclic) bond motifs is 2. The van der Waals surface area contributed by atoms with Gasteiger partial charge in [0.1, 0.15) is 0 Å². The van der Waals surface area contributed by atoms with Crippen LogP contribution in [0.15, 0.2) is 0 Å². The molecule has 1 amide bonds. The van der Waals surface area contributed by atoms with Crippen LogP contribution in [-0.4, -0.2) is 41.7 Å². The smallest absolute Gasteiger partial charge is 0.282 e. The van der Waals surface area contributed by atoms with Gasteiger partial charge in [-0.1, -0.05) is 20.8 Å². The van der Waals surface area contributed by atoms with Crippen LogP contribution >= 0.6 is 0 Å². The summed E-state index contributed by atoms with van der Waals surface area (Å²) in [5, 5.41) is -3.46. The molecule has 1 saturated carbocycles. The van der Waals surface area contributed by atoms with Crippen LogP contribution in [0, 0.1) is 10.8 Å². The monoisotopic (exact) mass is 326 g/mol. The van der Waals surface area contributed by atoms with E-state index in [0.29, 0.717) is 6.54 Å². The van der Waals surface area contributed by atoms with Crippen LogP contribution in [0.2, 0.25) is 0 Å². The predicted octanol–water partition coefficient (Wildman–Crippen LogP) is 1.40. The van der Waals surface area contributed by atoms with E-state index >= 15 is 0 Å². The van der Waals surface area contributed by atoms with Crippen molar-refractivity contribution >= 4 is 16.0 Å². The molecule has 2 unspecified atom stereocenters. The Bertz CT molecular complexity index is 564. The second-order valence-corrected chi connectivity index (χ2v) is 8.74. The van der Waals surface area contributed by atoms with Crippen LogP contribution in [0.25, 0.3) is 0 Å². The van der Waals surface area contributed by atoms with Crippen molar-refractivity contribution in [1.29, 1.82) is 0 Å². The Morgan fingerprint density at radius 3 is 2.43 bits per heavy atom. The molecule has 6 nitrogen and oxygen atoms in total. The van der Waals surface area contributed by atoms with Crippen molar-refractivity contribution in [2.24, 2.45) is 10.8 Å². The molecule has 0 radical (unpaired) electrons. The van der Waals surface area contributed by atoms with Crippen LogP contribution < -0.4 is 5.43 Å². The number of hydrazine groups is 1. The van der Waals surface area contributed by atoms with Gasteiger partial charge >= 0.3 is 21.3 Å². The summed E-state index contributed by atoms with van der Waals surface area (Å²) < 4.78 is 56.2. The van der Waals surface area contributed by atoms with Crippen molar-refractivity contribution < 1.29 is 26.5 Å². The summed E-state index contributed by atoms with van der Waals surface area (Å²) in [5.41, 5.74) is 1.89. The first kappa shape index (κ1) is 16.6. The fourth-order valence-electron chi connectivity index (χ4n) is 3.90. The molecule has 2 N–H and O–H groups in total. The molecule has 0 aromatic carbocycles. The number of hydrogen-bond donors (Lipinski definition) is 2. The number of nitrogens with one attached hydrogen (secondary N) is 1. The first-order valence-corrected chi connectivity index (χ1v) is 8.12. The minimum Gasteiger partial charge on any atom is -0.282 e. The molecule has 0 aromatic rings. The lowest BCUT2D eigenvalue weighted by atomic mass is 9.65. The van der Waals surface area contributed by atoms with Gasteiger partial charge in [0.05, 0.1) is 0 Å². The zero-order chi connectivity index (χ0) is 16.3. The lowest BCUT2D eigenvalue weighted by molar-refractivity contribution is -0.142. The fourth-order valence-corrected chi connectivity index (χ4v) is 4.18. The van der Waals surface area contributed by atoms with Crippen LogP contribution in [0.3, 0.4) is 0 Å². The Hall–Kier alpha value is -0.800. The standard InChI is InChI=1S/C12H20F2N2O4S/c1-10(2)4-8-5-11(3,6-10)7-16(8)15-9(17)12(13,14)21(18,19)20/h8H,4-7H2,1-3H3,(H,15,17)(H,18,19,20). The first-order valence-electron chi connectivity index (χ1n) is 6.68. The first-order chi connectivity index (χ1) is 9.26. The number of carbonyl (C=O) groups is 1. The molecule has 2 aliphatic rings. The lowest BCUT2D eigenvalue weighted by Gasteiger charge is -2.39. The molecule has 1 saturated heterocycles. The van der Waals surface area contributed by atoms with Gasteiger partial charge in [0.2, 0.25) is 0 Å². The number of halogens is 2. The van der Waals surface area contributed by atoms with Crippen molar-refractivity contribution in [3.63, 3.8) is 0 Å². The Kier molecular flexibility index (Phi) is 3.63. The minimum atomic E-state index is -5.78. The number of alkyl halides is 2. The second kappa shape index (κ2) is 4.60. The Balaban J connectivity index is 2.14. The van der Waals surface area contributed by atoms with E-state index in [1.54, 1.807) is 0 Å². The van der Waals surface area contributed by atoms with Crippen molar-refractivity contribution in [3.8, 4) is 0 Å². The molecule has 0 aromatic heterocycles. The Labute approximate surface area is 122 Å². The number of hydrogen-bond acceptors (Lipinski definition) is 4. The largest absolute Gasteiger partial charge is 0.447 e. The second-order valence-electron chi connectivity index (χ2n) is 7.27. The normalized spacial score (nSPS) is 33.0. The Morgan fingerprint density at radius 1 is 1.33 bits per heavy atom. The molecule has 21 heavy (non-hydrogen) atoms. The highest BCUT2D eigenvalue weighted by Crippen LogP contribution is 2.51. The van der Waals surface area contributed by atoms with Crippen molar-refractivity contribution in [3.05, 3.63) is 0 Å². The van der Waals surface area contributed by atoms with E-state index in [2.05, 4.69) is 13.8 Å². The molecule has 0 spiro atoms. The van der Waals surface area contributed by atoms with Gasteiger partial charge in [0.15, 0.2) is 0 Å². The third kappa shape index (κ3) is 3.04. The number of nitrogens with zero attached hydrogens (tertiary/aromatic N) is 1. The highest BCUT2D eigenvalue weighted by molar-refractivity contribution is 7.87. The van der Waals surface area contributed by atoms with Crippen LogP contribution in [0.1, 0.15) is 40.0 Å². The van der Waals surface area contributed by atoms with Gasteiger partial charge in [-0.05, 0) is 30.1 Å². The van der Waals surface area contributed by atoms with E-state index in [4.69, 9.17) is 4.55 Å². The molecule has 2 bridgehead atoms. The van der Waals surface area contributed by atoms with Crippen LogP contribution in [0.4, 0.5) is 8.78 Å². The summed E-state index contributed by atoms with van der Waals surface area (Å²) in [6.45, 7) is 6.56. The number of amides is 1. The van der Waals surface area contributed by atoms with Gasteiger partial charge in [-0.2, -0.15) is 17.2 Å². The molecule has 1 aliphatic heterocycles. The summed E-state index contributed by atoms with van der Waals surface area (Å²) in [4.78, 5) is 11.5. The molecule has 1 heterocycles. The Morgan fingerprint density at radius 2 is 1.90 bits per heavy atom. The van der Waals surface area contributed by atoms with Gasteiger partial charge in [-0.25, -0.2) is 5.01 Å². The van der Waals surface area contributed by atoms with Crippen molar-refractivity contribution in [2.45, 2.75) is 51.3 Å². The van der Waals surface area contributed by atoms with E-state index in [1.807, 2.05) is 12.3 Å². The summed E-state index contributed by atoms with van der Waals surface area (Å²) in [6, 6.07) is -0.111. The molecule has 2 fully saturated rings. The average Bonchev–Trinajstić information content (AvgIpc) is 2.45. The van der Waals surface area contributed by atoms with E-state index < -0.39 is 21.3 Å². The quantitative estimate of drug-likeness (QED) is 0.766. The topological polar surface area (TPSA) is 86.7 Å². The molecule has 2 atom stereocenters. The van der Waals surface area contributed by atoms with Gasteiger partial charge in [-0.3, -0.25) is 14.8 Å². The summed E-state index contributed by atoms with van der Waals surface area (Å²) in [6.07, 6.45) is 2.38. The van der Waals surface area contributed by atoms with Gasteiger partial charge in [0, 0.05) is 12.6 Å². The minimum absolute atomic E-state index is 0.0305. The van der Waals surface area contributed by atoms with Crippen LogP contribution in [-0.2, 0) is 14.9 Å². The summed E-state index contributed by atoms with van der Waals surface area (Å²) in [7, 11) is -5.78. The van der Waals surface area contributed by atoms with E-state index in [-0.39, 0.29) is 16.9 Å². The molecule has 1 aliphatic carbocycles. The zero-order valence-corrected chi connectivity index (χ0v) is 13.0. The lowest BCUT2D eigenvalue weighted by Crippen LogP contribution is -2.54. The highest BCUT2D eigenvalue weighted by Gasteiger charge is 2.55. The fraction of sp³-hybridized carbons (Fsp3) is 0.917.